The molecule has 1 aromatic heterocycles. The van der Waals surface area contributed by atoms with Crippen LogP contribution >= 0.6 is 23.1 Å². The van der Waals surface area contributed by atoms with Crippen LogP contribution in [0.1, 0.15) is 12.8 Å². The second kappa shape index (κ2) is 9.16. The Labute approximate surface area is 161 Å². The topological polar surface area (TPSA) is 74.3 Å². The molecule has 1 saturated heterocycles. The number of nitrogens with one attached hydrogen (secondary N) is 2. The third kappa shape index (κ3) is 5.30. The highest BCUT2D eigenvalue weighted by Crippen LogP contribution is 2.21. The lowest BCUT2D eigenvalue weighted by molar-refractivity contribution is -0.121. The van der Waals surface area contributed by atoms with Gasteiger partial charge in [-0.2, -0.15) is 0 Å². The summed E-state index contributed by atoms with van der Waals surface area (Å²) in [5, 5.41) is 8.29. The first-order valence-electron chi connectivity index (χ1n) is 8.50. The van der Waals surface area contributed by atoms with E-state index in [4.69, 9.17) is 0 Å². The second-order valence-corrected chi connectivity index (χ2v) is 7.93. The number of thioether (sulfide) groups is 1. The summed E-state index contributed by atoms with van der Waals surface area (Å²) in [4.78, 5) is 31.8. The minimum atomic E-state index is -0.0195. The van der Waals surface area contributed by atoms with Gasteiger partial charge in [0.15, 0.2) is 5.13 Å². The van der Waals surface area contributed by atoms with Crippen molar-refractivity contribution in [2.75, 3.05) is 36.5 Å². The average molecular weight is 391 g/mol. The van der Waals surface area contributed by atoms with Crippen LogP contribution in [0.3, 0.4) is 0 Å². The molecule has 0 bridgehead atoms. The summed E-state index contributed by atoms with van der Waals surface area (Å²) in [5.74, 6) is -0.0108. The van der Waals surface area contributed by atoms with Crippen LogP contribution in [0.15, 0.2) is 40.7 Å². The molecule has 8 heteroatoms. The number of likely N-dealkylation sites (tertiary alicyclic amines) is 1. The zero-order chi connectivity index (χ0) is 18.4. The van der Waals surface area contributed by atoms with Gasteiger partial charge in [-0.15, -0.1) is 23.1 Å². The van der Waals surface area contributed by atoms with Crippen molar-refractivity contribution in [3.63, 3.8) is 0 Å². The summed E-state index contributed by atoms with van der Waals surface area (Å²) in [5.41, 5.74) is 0.819. The molecule has 1 aliphatic rings. The fraction of sp³-hybridized carbons (Fsp3) is 0.389. The van der Waals surface area contributed by atoms with Gasteiger partial charge in [-0.1, -0.05) is 6.07 Å². The summed E-state index contributed by atoms with van der Waals surface area (Å²) in [7, 11) is 0. The minimum Gasteiger partial charge on any atom is -0.325 e. The van der Waals surface area contributed by atoms with Gasteiger partial charge in [-0.25, -0.2) is 4.98 Å². The van der Waals surface area contributed by atoms with E-state index in [1.165, 1.54) is 11.3 Å². The minimum absolute atomic E-state index is 0.0172. The van der Waals surface area contributed by atoms with Crippen molar-refractivity contribution < 1.29 is 9.59 Å². The van der Waals surface area contributed by atoms with E-state index in [-0.39, 0.29) is 17.7 Å². The SMILES string of the molecule is CSc1cccc(NC(=O)CN2CCC(C(=O)Nc3nccs3)CC2)c1. The number of hydrogen-bond donors (Lipinski definition) is 2. The smallest absolute Gasteiger partial charge is 0.238 e. The molecule has 2 aromatic rings. The van der Waals surface area contributed by atoms with E-state index in [9.17, 15) is 9.59 Å². The Morgan fingerprint density at radius 2 is 2.12 bits per heavy atom. The molecule has 138 valence electrons. The number of amides is 2. The lowest BCUT2D eigenvalue weighted by Gasteiger charge is -2.30. The van der Waals surface area contributed by atoms with Crippen LogP contribution in [0.25, 0.3) is 0 Å². The third-order valence-electron chi connectivity index (χ3n) is 4.34. The summed E-state index contributed by atoms with van der Waals surface area (Å²) < 4.78 is 0. The van der Waals surface area contributed by atoms with Crippen LogP contribution in [-0.2, 0) is 9.59 Å². The molecule has 0 spiro atoms. The molecule has 0 atom stereocenters. The molecule has 0 aliphatic carbocycles. The first-order valence-corrected chi connectivity index (χ1v) is 10.6. The maximum Gasteiger partial charge on any atom is 0.238 e. The average Bonchev–Trinajstić information content (AvgIpc) is 3.15. The molecule has 2 amide bonds. The monoisotopic (exact) mass is 390 g/mol. The molecule has 1 fully saturated rings. The predicted octanol–water partition coefficient (Wildman–Crippen LogP) is 3.15. The van der Waals surface area contributed by atoms with Crippen molar-refractivity contribution >= 4 is 45.7 Å². The van der Waals surface area contributed by atoms with E-state index in [0.717, 1.165) is 36.5 Å². The van der Waals surface area contributed by atoms with Crippen molar-refractivity contribution in [1.29, 1.82) is 0 Å². The molecule has 0 radical (unpaired) electrons. The molecule has 0 unspecified atom stereocenters. The zero-order valence-electron chi connectivity index (χ0n) is 14.6. The van der Waals surface area contributed by atoms with Gasteiger partial charge in [0.1, 0.15) is 0 Å². The summed E-state index contributed by atoms with van der Waals surface area (Å²) >= 11 is 3.07. The number of carbonyl (C=O) groups excluding carboxylic acids is 2. The highest BCUT2D eigenvalue weighted by molar-refractivity contribution is 7.98. The molecule has 1 aromatic carbocycles. The van der Waals surface area contributed by atoms with Gasteiger partial charge in [-0.05, 0) is 50.4 Å². The van der Waals surface area contributed by atoms with Crippen LogP contribution in [-0.4, -0.2) is 47.6 Å². The Morgan fingerprint density at radius 1 is 1.31 bits per heavy atom. The van der Waals surface area contributed by atoms with E-state index < -0.39 is 0 Å². The fourth-order valence-electron chi connectivity index (χ4n) is 2.95. The van der Waals surface area contributed by atoms with Crippen LogP contribution in [0, 0.1) is 5.92 Å². The number of benzene rings is 1. The maximum atomic E-state index is 12.3. The van der Waals surface area contributed by atoms with Gasteiger partial charge >= 0.3 is 0 Å². The predicted molar refractivity (Wildman–Crippen MR) is 107 cm³/mol. The van der Waals surface area contributed by atoms with E-state index in [1.54, 1.807) is 18.0 Å². The van der Waals surface area contributed by atoms with Crippen molar-refractivity contribution in [3.05, 3.63) is 35.8 Å². The molecular formula is C18H22N4O2S2. The van der Waals surface area contributed by atoms with Gasteiger partial charge in [0.2, 0.25) is 11.8 Å². The molecule has 6 nitrogen and oxygen atoms in total. The lowest BCUT2D eigenvalue weighted by atomic mass is 9.96. The van der Waals surface area contributed by atoms with Crippen LogP contribution in [0.5, 0.6) is 0 Å². The van der Waals surface area contributed by atoms with Crippen molar-refractivity contribution in [2.45, 2.75) is 17.7 Å². The lowest BCUT2D eigenvalue weighted by Crippen LogP contribution is -2.41. The highest BCUT2D eigenvalue weighted by Gasteiger charge is 2.26. The Bertz CT molecular complexity index is 743. The number of aromatic nitrogens is 1. The molecule has 2 N–H and O–H groups in total. The van der Waals surface area contributed by atoms with E-state index in [0.29, 0.717) is 11.7 Å². The van der Waals surface area contributed by atoms with Crippen LogP contribution < -0.4 is 10.6 Å². The van der Waals surface area contributed by atoms with Crippen molar-refractivity contribution in [2.24, 2.45) is 5.92 Å². The van der Waals surface area contributed by atoms with Gasteiger partial charge in [0.05, 0.1) is 6.54 Å². The Balaban J connectivity index is 1.43. The number of anilines is 2. The normalized spacial score (nSPS) is 15.6. The molecular weight excluding hydrogens is 368 g/mol. The van der Waals surface area contributed by atoms with Gasteiger partial charge in [0, 0.05) is 28.1 Å². The highest BCUT2D eigenvalue weighted by atomic mass is 32.2. The summed E-state index contributed by atoms with van der Waals surface area (Å²) in [6.45, 7) is 1.84. The molecule has 2 heterocycles. The first-order chi connectivity index (χ1) is 12.6. The largest absolute Gasteiger partial charge is 0.325 e. The molecule has 26 heavy (non-hydrogen) atoms. The third-order valence-corrected chi connectivity index (χ3v) is 5.76. The Kier molecular flexibility index (Phi) is 6.65. The number of hydrogen-bond acceptors (Lipinski definition) is 6. The second-order valence-electron chi connectivity index (χ2n) is 6.16. The van der Waals surface area contributed by atoms with Crippen LogP contribution in [0.4, 0.5) is 10.8 Å². The van der Waals surface area contributed by atoms with E-state index in [2.05, 4.69) is 20.5 Å². The standard InChI is InChI=1S/C18H22N4O2S2/c1-25-15-4-2-3-14(11-15)20-16(23)12-22-8-5-13(6-9-22)17(24)21-18-19-7-10-26-18/h2-4,7,10-11,13H,5-6,8-9,12H2,1H3,(H,20,23)(H,19,21,24). The van der Waals surface area contributed by atoms with Crippen molar-refractivity contribution in [3.8, 4) is 0 Å². The van der Waals surface area contributed by atoms with Gasteiger partial charge in [-0.3, -0.25) is 14.5 Å². The number of piperidine rings is 1. The van der Waals surface area contributed by atoms with E-state index >= 15 is 0 Å². The van der Waals surface area contributed by atoms with E-state index in [1.807, 2.05) is 35.9 Å². The van der Waals surface area contributed by atoms with Gasteiger partial charge < -0.3 is 10.6 Å². The number of nitrogens with zero attached hydrogens (tertiary/aromatic N) is 2. The van der Waals surface area contributed by atoms with Crippen LogP contribution in [0.2, 0.25) is 0 Å². The summed E-state index contributed by atoms with van der Waals surface area (Å²) in [6, 6.07) is 7.82. The molecule has 0 saturated carbocycles. The maximum absolute atomic E-state index is 12.3. The van der Waals surface area contributed by atoms with Crippen molar-refractivity contribution in [1.82, 2.24) is 9.88 Å². The number of carbonyl (C=O) groups is 2. The molecule has 1 aliphatic heterocycles. The Morgan fingerprint density at radius 3 is 2.81 bits per heavy atom. The number of rotatable bonds is 6. The fourth-order valence-corrected chi connectivity index (χ4v) is 3.94. The zero-order valence-corrected chi connectivity index (χ0v) is 16.2. The Hall–Kier alpha value is -1.90. The van der Waals surface area contributed by atoms with Gasteiger partial charge in [0.25, 0.3) is 0 Å². The quantitative estimate of drug-likeness (QED) is 0.741. The molecule has 3 rings (SSSR count). The summed E-state index contributed by atoms with van der Waals surface area (Å²) in [6.07, 6.45) is 5.20. The first kappa shape index (κ1) is 18.9. The number of thiazole rings is 1.